The van der Waals surface area contributed by atoms with Gasteiger partial charge < -0.3 is 15.5 Å². The Labute approximate surface area is 116 Å². The van der Waals surface area contributed by atoms with Crippen LogP contribution in [0.25, 0.3) is 0 Å². The van der Waals surface area contributed by atoms with Crippen molar-refractivity contribution in [1.82, 2.24) is 9.36 Å². The lowest BCUT2D eigenvalue weighted by atomic mass is 9.89. The quantitative estimate of drug-likeness (QED) is 0.764. The van der Waals surface area contributed by atoms with Crippen molar-refractivity contribution in [2.24, 2.45) is 0 Å². The highest BCUT2D eigenvalue weighted by Gasteiger charge is 2.30. The number of hydrogen-bond acceptors (Lipinski definition) is 6. The van der Waals surface area contributed by atoms with E-state index in [2.05, 4.69) is 14.7 Å². The molecule has 0 saturated heterocycles. The molecule has 1 saturated carbocycles. The summed E-state index contributed by atoms with van der Waals surface area (Å²) in [5.41, 5.74) is -1.79. The first-order valence-corrected chi connectivity index (χ1v) is 7.29. The molecular formula is C12H19N3O3S. The van der Waals surface area contributed by atoms with E-state index in [0.717, 1.165) is 18.7 Å². The fraction of sp³-hybridized carbons (Fsp3) is 0.750. The molecular weight excluding hydrogens is 266 g/mol. The average Bonchev–Trinajstić information content (AvgIpc) is 2.86. The van der Waals surface area contributed by atoms with Crippen LogP contribution in [0.1, 0.15) is 50.8 Å². The predicted molar refractivity (Wildman–Crippen MR) is 72.5 cm³/mol. The summed E-state index contributed by atoms with van der Waals surface area (Å²) >= 11 is 1.22. The average molecular weight is 285 g/mol. The molecule has 6 nitrogen and oxygen atoms in total. The van der Waals surface area contributed by atoms with Gasteiger partial charge in [0.25, 0.3) is 0 Å². The summed E-state index contributed by atoms with van der Waals surface area (Å²) in [6.07, 6.45) is 5.99. The van der Waals surface area contributed by atoms with Crippen LogP contribution in [0, 0.1) is 0 Å². The molecule has 0 radical (unpaired) electrons. The van der Waals surface area contributed by atoms with Gasteiger partial charge in [-0.25, -0.2) is 9.78 Å². The second kappa shape index (κ2) is 5.83. The van der Waals surface area contributed by atoms with Gasteiger partial charge in [0.05, 0.1) is 6.54 Å². The molecule has 0 spiro atoms. The fourth-order valence-electron chi connectivity index (χ4n) is 2.16. The standard InChI is InChI=1S/C12H19N3O3S/c1-12(18,10(16)17)7-13-11-14-9(15-19-11)8-5-3-2-4-6-8/h8,18H,2-7H2,1H3,(H,16,17)(H,13,14,15). The Morgan fingerprint density at radius 2 is 2.16 bits per heavy atom. The summed E-state index contributed by atoms with van der Waals surface area (Å²) in [6.45, 7) is 1.17. The number of carbonyl (C=O) groups is 1. The largest absolute Gasteiger partial charge is 0.479 e. The van der Waals surface area contributed by atoms with Gasteiger partial charge in [-0.15, -0.1) is 0 Å². The Kier molecular flexibility index (Phi) is 4.36. The smallest absolute Gasteiger partial charge is 0.337 e. The number of rotatable bonds is 5. The summed E-state index contributed by atoms with van der Waals surface area (Å²) in [5, 5.41) is 21.8. The molecule has 1 heterocycles. The number of carboxylic acid groups (broad SMARTS) is 1. The van der Waals surface area contributed by atoms with E-state index in [9.17, 15) is 9.90 Å². The van der Waals surface area contributed by atoms with Crippen molar-refractivity contribution in [2.45, 2.75) is 50.5 Å². The normalized spacial score (nSPS) is 19.9. The van der Waals surface area contributed by atoms with Gasteiger partial charge in [0.2, 0.25) is 5.13 Å². The first-order valence-electron chi connectivity index (χ1n) is 6.52. The zero-order valence-electron chi connectivity index (χ0n) is 10.9. The highest BCUT2D eigenvalue weighted by Crippen LogP contribution is 2.32. The van der Waals surface area contributed by atoms with E-state index in [-0.39, 0.29) is 6.54 Å². The van der Waals surface area contributed by atoms with Crippen LogP contribution in [0.15, 0.2) is 0 Å². The van der Waals surface area contributed by atoms with E-state index in [1.165, 1.54) is 37.7 Å². The third-order valence-corrected chi connectivity index (χ3v) is 4.14. The van der Waals surface area contributed by atoms with Crippen molar-refractivity contribution in [2.75, 3.05) is 11.9 Å². The minimum atomic E-state index is -1.79. The van der Waals surface area contributed by atoms with E-state index in [1.807, 2.05) is 0 Å². The number of nitrogens with zero attached hydrogens (tertiary/aromatic N) is 2. The Bertz CT molecular complexity index is 441. The van der Waals surface area contributed by atoms with E-state index in [0.29, 0.717) is 11.0 Å². The van der Waals surface area contributed by atoms with E-state index < -0.39 is 11.6 Å². The van der Waals surface area contributed by atoms with Crippen LogP contribution in [-0.2, 0) is 4.79 Å². The Hall–Kier alpha value is -1.21. The van der Waals surface area contributed by atoms with E-state index in [1.54, 1.807) is 0 Å². The molecule has 1 aromatic heterocycles. The monoisotopic (exact) mass is 285 g/mol. The van der Waals surface area contributed by atoms with Crippen molar-refractivity contribution < 1.29 is 15.0 Å². The van der Waals surface area contributed by atoms with Crippen LogP contribution in [0.3, 0.4) is 0 Å². The molecule has 0 aliphatic heterocycles. The molecule has 1 fully saturated rings. The molecule has 0 amide bonds. The number of aromatic nitrogens is 2. The van der Waals surface area contributed by atoms with Gasteiger partial charge in [0.15, 0.2) is 5.60 Å². The molecule has 1 aliphatic rings. The molecule has 1 aliphatic carbocycles. The molecule has 106 valence electrons. The van der Waals surface area contributed by atoms with Crippen molar-refractivity contribution in [3.63, 3.8) is 0 Å². The lowest BCUT2D eigenvalue weighted by molar-refractivity contribution is -0.155. The first kappa shape index (κ1) is 14.2. The minimum absolute atomic E-state index is 0.0817. The van der Waals surface area contributed by atoms with E-state index >= 15 is 0 Å². The predicted octanol–water partition coefficient (Wildman–Crippen LogP) is 1.83. The molecule has 3 N–H and O–H groups in total. The molecule has 0 bridgehead atoms. The van der Waals surface area contributed by atoms with Gasteiger partial charge in [0, 0.05) is 17.5 Å². The van der Waals surface area contributed by atoms with Gasteiger partial charge in [0.1, 0.15) is 5.82 Å². The summed E-state index contributed by atoms with van der Waals surface area (Å²) in [5.74, 6) is 0.0275. The molecule has 1 atom stereocenters. The molecule has 2 rings (SSSR count). The molecule has 1 aromatic rings. The van der Waals surface area contributed by atoms with Crippen LogP contribution in [0.2, 0.25) is 0 Å². The fourth-order valence-corrected chi connectivity index (χ4v) is 2.80. The summed E-state index contributed by atoms with van der Waals surface area (Å²) in [6, 6.07) is 0. The van der Waals surface area contributed by atoms with Gasteiger partial charge >= 0.3 is 5.97 Å². The lowest BCUT2D eigenvalue weighted by Crippen LogP contribution is -2.41. The van der Waals surface area contributed by atoms with Gasteiger partial charge in [-0.2, -0.15) is 4.37 Å². The number of anilines is 1. The highest BCUT2D eigenvalue weighted by molar-refractivity contribution is 7.09. The number of hydrogen-bond donors (Lipinski definition) is 3. The maximum absolute atomic E-state index is 10.8. The minimum Gasteiger partial charge on any atom is -0.479 e. The Balaban J connectivity index is 1.92. The zero-order valence-corrected chi connectivity index (χ0v) is 11.7. The van der Waals surface area contributed by atoms with Gasteiger partial charge in [-0.05, 0) is 19.8 Å². The number of nitrogens with one attached hydrogen (secondary N) is 1. The number of carboxylic acids is 1. The summed E-state index contributed by atoms with van der Waals surface area (Å²) < 4.78 is 4.32. The maximum Gasteiger partial charge on any atom is 0.337 e. The molecule has 0 aromatic carbocycles. The maximum atomic E-state index is 10.8. The second-order valence-corrected chi connectivity index (χ2v) is 5.98. The third kappa shape index (κ3) is 3.63. The van der Waals surface area contributed by atoms with Crippen molar-refractivity contribution in [1.29, 1.82) is 0 Å². The van der Waals surface area contributed by atoms with Gasteiger partial charge in [-0.1, -0.05) is 19.3 Å². The second-order valence-electron chi connectivity index (χ2n) is 5.23. The van der Waals surface area contributed by atoms with Crippen molar-refractivity contribution in [3.05, 3.63) is 5.82 Å². The summed E-state index contributed by atoms with van der Waals surface area (Å²) in [4.78, 5) is 15.2. The highest BCUT2D eigenvalue weighted by atomic mass is 32.1. The van der Waals surface area contributed by atoms with Crippen LogP contribution < -0.4 is 5.32 Å². The number of aliphatic carboxylic acids is 1. The van der Waals surface area contributed by atoms with Crippen LogP contribution >= 0.6 is 11.5 Å². The van der Waals surface area contributed by atoms with Crippen molar-refractivity contribution in [3.8, 4) is 0 Å². The lowest BCUT2D eigenvalue weighted by Gasteiger charge is -2.18. The third-order valence-electron chi connectivity index (χ3n) is 3.46. The van der Waals surface area contributed by atoms with Gasteiger partial charge in [-0.3, -0.25) is 0 Å². The Morgan fingerprint density at radius 3 is 2.79 bits per heavy atom. The SMILES string of the molecule is CC(O)(CNc1nc(C2CCCCC2)ns1)C(=O)O. The van der Waals surface area contributed by atoms with Crippen molar-refractivity contribution >= 4 is 22.6 Å². The zero-order chi connectivity index (χ0) is 13.9. The molecule has 1 unspecified atom stereocenters. The summed E-state index contributed by atoms with van der Waals surface area (Å²) in [7, 11) is 0. The topological polar surface area (TPSA) is 95.3 Å². The van der Waals surface area contributed by atoms with Crippen LogP contribution in [0.5, 0.6) is 0 Å². The Morgan fingerprint density at radius 1 is 1.47 bits per heavy atom. The van der Waals surface area contributed by atoms with Crippen LogP contribution in [0.4, 0.5) is 5.13 Å². The van der Waals surface area contributed by atoms with E-state index in [4.69, 9.17) is 5.11 Å². The van der Waals surface area contributed by atoms with Crippen LogP contribution in [-0.4, -0.2) is 37.7 Å². The molecule has 7 heteroatoms. The first-order chi connectivity index (χ1) is 8.99. The molecule has 19 heavy (non-hydrogen) atoms. The number of aliphatic hydroxyl groups is 1.